The maximum atomic E-state index is 13.1. The van der Waals surface area contributed by atoms with Crippen LogP contribution in [0.15, 0.2) is 18.2 Å². The van der Waals surface area contributed by atoms with Gasteiger partial charge in [-0.15, -0.1) is 0 Å². The third-order valence-corrected chi connectivity index (χ3v) is 6.53. The van der Waals surface area contributed by atoms with Gasteiger partial charge < -0.3 is 15.2 Å². The first kappa shape index (κ1) is 18.7. The Balaban J connectivity index is 1.30. The topological polar surface area (TPSA) is 75.6 Å². The Kier molecular flexibility index (Phi) is 4.67. The van der Waals surface area contributed by atoms with E-state index in [4.69, 9.17) is 16.3 Å². The number of halogens is 2. The number of esters is 1. The molecule has 0 radical (unpaired) electrons. The van der Waals surface area contributed by atoms with E-state index < -0.39 is 29.9 Å². The average molecular weight is 396 g/mol. The van der Waals surface area contributed by atoms with Gasteiger partial charge in [0.15, 0.2) is 6.61 Å². The van der Waals surface area contributed by atoms with E-state index in [-0.39, 0.29) is 16.9 Å². The summed E-state index contributed by atoms with van der Waals surface area (Å²) in [6.45, 7) is -0.402. The first-order valence-corrected chi connectivity index (χ1v) is 9.75. The van der Waals surface area contributed by atoms with Crippen LogP contribution in [0.2, 0.25) is 5.02 Å². The van der Waals surface area contributed by atoms with E-state index in [1.54, 1.807) is 0 Å². The summed E-state index contributed by atoms with van der Waals surface area (Å²) in [4.78, 5) is 24.3. The van der Waals surface area contributed by atoms with Crippen LogP contribution in [0.25, 0.3) is 0 Å². The summed E-state index contributed by atoms with van der Waals surface area (Å²) in [6, 6.07) is 3.84. The van der Waals surface area contributed by atoms with Gasteiger partial charge >= 0.3 is 5.97 Å². The van der Waals surface area contributed by atoms with Crippen molar-refractivity contribution in [2.75, 3.05) is 11.9 Å². The number of amides is 1. The molecule has 27 heavy (non-hydrogen) atoms. The second-order valence-corrected chi connectivity index (χ2v) is 9.11. The van der Waals surface area contributed by atoms with Gasteiger partial charge in [-0.1, -0.05) is 11.6 Å². The molecule has 2 unspecified atom stereocenters. The quantitative estimate of drug-likeness (QED) is 0.746. The Hall–Kier alpha value is -1.66. The Morgan fingerprint density at radius 3 is 2.59 bits per heavy atom. The van der Waals surface area contributed by atoms with Crippen LogP contribution in [0, 0.1) is 23.1 Å². The molecule has 1 aromatic carbocycles. The fraction of sp³-hybridized carbons (Fsp3) is 0.600. The summed E-state index contributed by atoms with van der Waals surface area (Å²) >= 11 is 5.68. The minimum Gasteiger partial charge on any atom is -0.456 e. The highest BCUT2D eigenvalue weighted by atomic mass is 35.5. The molecule has 2 N–H and O–H groups in total. The van der Waals surface area contributed by atoms with E-state index in [0.717, 1.165) is 38.2 Å². The fourth-order valence-corrected chi connectivity index (χ4v) is 6.06. The van der Waals surface area contributed by atoms with E-state index in [0.29, 0.717) is 23.9 Å². The molecule has 0 heterocycles. The Morgan fingerprint density at radius 1 is 1.26 bits per heavy atom. The summed E-state index contributed by atoms with van der Waals surface area (Å²) in [5.74, 6) is -0.493. The van der Waals surface area contributed by atoms with Gasteiger partial charge in [-0.25, -0.2) is 4.39 Å². The predicted molar refractivity (Wildman–Crippen MR) is 97.7 cm³/mol. The average Bonchev–Trinajstić information content (AvgIpc) is 2.53. The zero-order valence-electron chi connectivity index (χ0n) is 15.0. The molecule has 5 rings (SSSR count). The van der Waals surface area contributed by atoms with E-state index in [1.165, 1.54) is 12.1 Å². The van der Waals surface area contributed by atoms with Gasteiger partial charge in [-0.3, -0.25) is 9.59 Å². The molecule has 0 spiro atoms. The smallest absolute Gasteiger partial charge is 0.306 e. The van der Waals surface area contributed by atoms with Crippen LogP contribution < -0.4 is 5.32 Å². The summed E-state index contributed by atoms with van der Waals surface area (Å²) in [5, 5.41) is 13.2. The Morgan fingerprint density at radius 2 is 1.96 bits per heavy atom. The largest absolute Gasteiger partial charge is 0.456 e. The molecule has 4 bridgehead atoms. The van der Waals surface area contributed by atoms with Crippen LogP contribution in [0.1, 0.15) is 44.9 Å². The molecule has 1 amide bonds. The van der Waals surface area contributed by atoms with Crippen molar-refractivity contribution in [3.8, 4) is 0 Å². The van der Waals surface area contributed by atoms with Gasteiger partial charge in [0.25, 0.3) is 5.91 Å². The van der Waals surface area contributed by atoms with Crippen molar-refractivity contribution in [1.82, 2.24) is 0 Å². The molecule has 0 aromatic heterocycles. The van der Waals surface area contributed by atoms with E-state index >= 15 is 0 Å². The van der Waals surface area contributed by atoms with Crippen molar-refractivity contribution in [3.63, 3.8) is 0 Å². The van der Waals surface area contributed by atoms with Gasteiger partial charge in [0.2, 0.25) is 0 Å². The van der Waals surface area contributed by atoms with Gasteiger partial charge in [0.1, 0.15) is 5.82 Å². The molecule has 0 aliphatic heterocycles. The van der Waals surface area contributed by atoms with Gasteiger partial charge in [0.05, 0.1) is 17.0 Å². The van der Waals surface area contributed by atoms with Crippen molar-refractivity contribution in [2.45, 2.75) is 50.5 Å². The minimum atomic E-state index is -0.621. The molecule has 4 aliphatic carbocycles. The number of rotatable bonds is 5. The van der Waals surface area contributed by atoms with Crippen molar-refractivity contribution in [2.24, 2.45) is 17.3 Å². The standard InChI is InChI=1S/C20H23ClFNO4/c21-15-4-14(1-2-16(15)22)23-17(24)10-27-18(25)9-19-5-12-3-13(6-19)8-20(26,7-12)11-19/h1-2,4,12-13,26H,3,5-11H2,(H,23,24)/t12-,13+,19?,20?. The van der Waals surface area contributed by atoms with Gasteiger partial charge in [-0.2, -0.15) is 0 Å². The number of carbonyl (C=O) groups excluding carboxylic acids is 2. The Labute approximate surface area is 162 Å². The second kappa shape index (κ2) is 6.74. The van der Waals surface area contributed by atoms with Crippen molar-refractivity contribution in [3.05, 3.63) is 29.0 Å². The fourth-order valence-electron chi connectivity index (χ4n) is 5.88. The Bertz CT molecular complexity index is 769. The number of benzene rings is 1. The van der Waals surface area contributed by atoms with E-state index in [1.807, 2.05) is 0 Å². The molecule has 5 nitrogen and oxygen atoms in total. The molecule has 1 aromatic rings. The number of carbonyl (C=O) groups is 2. The van der Waals surface area contributed by atoms with Crippen LogP contribution in [-0.4, -0.2) is 29.2 Å². The first-order chi connectivity index (χ1) is 12.7. The highest BCUT2D eigenvalue weighted by Crippen LogP contribution is 2.62. The maximum Gasteiger partial charge on any atom is 0.306 e. The lowest BCUT2D eigenvalue weighted by Gasteiger charge is -2.60. The molecule has 4 fully saturated rings. The van der Waals surface area contributed by atoms with Crippen LogP contribution >= 0.6 is 11.6 Å². The number of aliphatic hydroxyl groups is 1. The second-order valence-electron chi connectivity index (χ2n) is 8.70. The van der Waals surface area contributed by atoms with Gasteiger partial charge in [-0.05, 0) is 74.0 Å². The summed E-state index contributed by atoms with van der Waals surface area (Å²) in [7, 11) is 0. The number of hydrogen-bond donors (Lipinski definition) is 2. The SMILES string of the molecule is O=C(COC(=O)CC12C[C@@H]3C[C@@H](CC(O)(C3)C1)C2)Nc1ccc(F)c(Cl)c1. The lowest BCUT2D eigenvalue weighted by molar-refractivity contribution is -0.177. The molecule has 4 atom stereocenters. The summed E-state index contributed by atoms with van der Waals surface area (Å²) < 4.78 is 18.3. The highest BCUT2D eigenvalue weighted by molar-refractivity contribution is 6.31. The zero-order chi connectivity index (χ0) is 19.2. The molecule has 4 aliphatic rings. The molecular weight excluding hydrogens is 373 g/mol. The van der Waals surface area contributed by atoms with E-state index in [2.05, 4.69) is 5.32 Å². The van der Waals surface area contributed by atoms with Crippen molar-refractivity contribution >= 4 is 29.2 Å². The number of ether oxygens (including phenoxy) is 1. The van der Waals surface area contributed by atoms with Crippen molar-refractivity contribution in [1.29, 1.82) is 0 Å². The summed E-state index contributed by atoms with van der Waals surface area (Å²) in [6.07, 6.45) is 5.68. The lowest BCUT2D eigenvalue weighted by Crippen LogP contribution is -2.56. The number of anilines is 1. The minimum absolute atomic E-state index is 0.0930. The molecular formula is C20H23ClFNO4. The normalized spacial score (nSPS) is 33.7. The summed E-state index contributed by atoms with van der Waals surface area (Å²) in [5.41, 5.74) is -0.466. The van der Waals surface area contributed by atoms with Crippen molar-refractivity contribution < 1.29 is 23.8 Å². The van der Waals surface area contributed by atoms with Gasteiger partial charge in [0, 0.05) is 5.69 Å². The van der Waals surface area contributed by atoms with E-state index in [9.17, 15) is 19.1 Å². The molecule has 146 valence electrons. The van der Waals surface area contributed by atoms with Crippen LogP contribution in [0.4, 0.5) is 10.1 Å². The third-order valence-electron chi connectivity index (χ3n) is 6.24. The monoisotopic (exact) mass is 395 g/mol. The number of hydrogen-bond acceptors (Lipinski definition) is 4. The number of nitrogens with one attached hydrogen (secondary N) is 1. The molecule has 7 heteroatoms. The first-order valence-electron chi connectivity index (χ1n) is 9.37. The molecule has 0 saturated heterocycles. The lowest BCUT2D eigenvalue weighted by atomic mass is 9.47. The zero-order valence-corrected chi connectivity index (χ0v) is 15.7. The maximum absolute atomic E-state index is 13.1. The highest BCUT2D eigenvalue weighted by Gasteiger charge is 2.57. The van der Waals surface area contributed by atoms with Crippen LogP contribution in [-0.2, 0) is 14.3 Å². The third kappa shape index (κ3) is 3.97. The van der Waals surface area contributed by atoms with Crippen LogP contribution in [0.3, 0.4) is 0 Å². The molecule has 4 saturated carbocycles. The predicted octanol–water partition coefficient (Wildman–Crippen LogP) is 3.68. The van der Waals surface area contributed by atoms with Crippen LogP contribution in [0.5, 0.6) is 0 Å².